The van der Waals surface area contributed by atoms with Crippen LogP contribution in [-0.4, -0.2) is 29.1 Å². The van der Waals surface area contributed by atoms with Gasteiger partial charge in [0.2, 0.25) is 0 Å². The van der Waals surface area contributed by atoms with Gasteiger partial charge in [-0.25, -0.2) is 0 Å². The molecule has 0 saturated carbocycles. The quantitative estimate of drug-likeness (QED) is 0.0890. The van der Waals surface area contributed by atoms with Gasteiger partial charge in [-0.3, -0.25) is 0 Å². The molecule has 0 fully saturated rings. The van der Waals surface area contributed by atoms with E-state index in [0.717, 1.165) is 6.42 Å². The van der Waals surface area contributed by atoms with E-state index in [1.165, 1.54) is 179 Å². The van der Waals surface area contributed by atoms with Crippen LogP contribution in [0.4, 0.5) is 0 Å². The van der Waals surface area contributed by atoms with Crippen LogP contribution in [0.15, 0.2) is 42.7 Å². The lowest BCUT2D eigenvalue weighted by atomic mass is 10.0. The molecule has 1 unspecified atom stereocenters. The summed E-state index contributed by atoms with van der Waals surface area (Å²) in [7, 11) is 0. The highest BCUT2D eigenvalue weighted by Crippen LogP contribution is 2.23. The summed E-state index contributed by atoms with van der Waals surface area (Å²) < 4.78 is 0. The predicted molar refractivity (Wildman–Crippen MR) is 183 cm³/mol. The smallest absolute Gasteiger partial charge is 0.105 e. The van der Waals surface area contributed by atoms with E-state index >= 15 is 0 Å². The number of rotatable bonds is 29. The van der Waals surface area contributed by atoms with Gasteiger partial charge in [0.05, 0.1) is 0 Å². The van der Waals surface area contributed by atoms with Gasteiger partial charge in [-0.2, -0.15) is 0 Å². The summed E-state index contributed by atoms with van der Waals surface area (Å²) >= 11 is 0. The first-order valence-electron chi connectivity index (χ1n) is 18.6. The molecule has 0 aliphatic carbocycles. The largest absolute Gasteiger partial charge is 0.356 e. The molecule has 2 heteroatoms. The van der Waals surface area contributed by atoms with E-state index in [2.05, 4.69) is 66.4 Å². The average molecular weight is 567 g/mol. The second-order valence-electron chi connectivity index (χ2n) is 13.1. The molecular weight excluding hydrogens is 496 g/mol. The van der Waals surface area contributed by atoms with Crippen LogP contribution in [0, 0.1) is 0 Å². The third kappa shape index (κ3) is 18.7. The molecule has 0 aromatic heterocycles. The fraction of sp³-hybridized carbons (Fsp3) is 0.795. The van der Waals surface area contributed by atoms with E-state index < -0.39 is 0 Å². The van der Waals surface area contributed by atoms with Crippen molar-refractivity contribution in [3.8, 4) is 0 Å². The molecule has 1 aliphatic heterocycles. The SMILES string of the molecule is CCCCCCCCCCCCCCCCCCCN1C=CN(CCCCCCCCCC)C1Cc1ccccc1. The van der Waals surface area contributed by atoms with Gasteiger partial charge in [0.25, 0.3) is 0 Å². The van der Waals surface area contributed by atoms with Gasteiger partial charge >= 0.3 is 0 Å². The van der Waals surface area contributed by atoms with Crippen LogP contribution in [0.5, 0.6) is 0 Å². The molecule has 41 heavy (non-hydrogen) atoms. The first-order valence-corrected chi connectivity index (χ1v) is 18.6. The van der Waals surface area contributed by atoms with Gasteiger partial charge < -0.3 is 9.80 Å². The van der Waals surface area contributed by atoms with Crippen molar-refractivity contribution in [2.75, 3.05) is 13.1 Å². The molecule has 2 rings (SSSR count). The van der Waals surface area contributed by atoms with Crippen LogP contribution in [0.1, 0.15) is 180 Å². The molecule has 0 spiro atoms. The fourth-order valence-electron chi connectivity index (χ4n) is 6.51. The lowest BCUT2D eigenvalue weighted by Gasteiger charge is -2.33. The Hall–Kier alpha value is -1.44. The summed E-state index contributed by atoms with van der Waals surface area (Å²) in [5.41, 5.74) is 1.47. The van der Waals surface area contributed by atoms with Crippen LogP contribution in [-0.2, 0) is 6.42 Å². The highest BCUT2D eigenvalue weighted by atomic mass is 15.4. The highest BCUT2D eigenvalue weighted by molar-refractivity contribution is 5.17. The Bertz CT molecular complexity index is 699. The minimum atomic E-state index is 0.503. The maximum absolute atomic E-state index is 2.64. The van der Waals surface area contributed by atoms with Crippen molar-refractivity contribution in [1.82, 2.24) is 9.80 Å². The number of hydrogen-bond donors (Lipinski definition) is 0. The minimum absolute atomic E-state index is 0.503. The van der Waals surface area contributed by atoms with E-state index in [1.807, 2.05) is 0 Å². The van der Waals surface area contributed by atoms with Gasteiger partial charge in [0.15, 0.2) is 0 Å². The van der Waals surface area contributed by atoms with Crippen LogP contribution in [0.25, 0.3) is 0 Å². The van der Waals surface area contributed by atoms with Gasteiger partial charge in [0, 0.05) is 31.9 Å². The lowest BCUT2D eigenvalue weighted by molar-refractivity contribution is 0.148. The Balaban J connectivity index is 1.51. The summed E-state index contributed by atoms with van der Waals surface area (Å²) in [6.45, 7) is 7.03. The van der Waals surface area contributed by atoms with Gasteiger partial charge in [-0.05, 0) is 18.4 Å². The third-order valence-electron chi connectivity index (χ3n) is 9.27. The Morgan fingerprint density at radius 3 is 1.07 bits per heavy atom. The van der Waals surface area contributed by atoms with Crippen LogP contribution in [0.3, 0.4) is 0 Å². The zero-order valence-corrected chi connectivity index (χ0v) is 27.8. The maximum Gasteiger partial charge on any atom is 0.105 e. The summed E-state index contributed by atoms with van der Waals surface area (Å²) in [4.78, 5) is 5.28. The van der Waals surface area contributed by atoms with Crippen molar-refractivity contribution in [3.63, 3.8) is 0 Å². The summed E-state index contributed by atoms with van der Waals surface area (Å²) in [6.07, 6.45) is 42.1. The molecular formula is C39H70N2. The highest BCUT2D eigenvalue weighted by Gasteiger charge is 2.25. The van der Waals surface area contributed by atoms with Crippen LogP contribution < -0.4 is 0 Å². The minimum Gasteiger partial charge on any atom is -0.356 e. The van der Waals surface area contributed by atoms with Crippen molar-refractivity contribution in [2.45, 2.75) is 187 Å². The topological polar surface area (TPSA) is 6.48 Å². The van der Waals surface area contributed by atoms with Gasteiger partial charge in [-0.1, -0.05) is 192 Å². The van der Waals surface area contributed by atoms with E-state index in [1.54, 1.807) is 0 Å². The average Bonchev–Trinajstić information content (AvgIpc) is 3.37. The molecule has 1 atom stereocenters. The molecule has 0 bridgehead atoms. The van der Waals surface area contributed by atoms with E-state index in [-0.39, 0.29) is 0 Å². The summed E-state index contributed by atoms with van der Waals surface area (Å²) in [5.74, 6) is 0. The van der Waals surface area contributed by atoms with E-state index in [0.29, 0.717) is 6.17 Å². The standard InChI is InChI=1S/C39H70N2/c1-3-5-7-9-11-13-14-15-16-17-18-19-20-21-23-25-30-34-41-36-35-40(33-29-24-22-12-10-8-6-4-2)39(41)37-38-31-27-26-28-32-38/h26-28,31-32,35-36,39H,3-25,29-30,33-34,37H2,1-2H3. The van der Waals surface area contributed by atoms with Crippen molar-refractivity contribution < 1.29 is 0 Å². The zero-order valence-electron chi connectivity index (χ0n) is 27.8. The molecule has 236 valence electrons. The van der Waals surface area contributed by atoms with Crippen molar-refractivity contribution in [1.29, 1.82) is 0 Å². The lowest BCUT2D eigenvalue weighted by Crippen LogP contribution is -2.41. The molecule has 2 nitrogen and oxygen atoms in total. The first-order chi connectivity index (χ1) is 20.3. The predicted octanol–water partition coefficient (Wildman–Crippen LogP) is 12.4. The molecule has 0 saturated heterocycles. The first kappa shape index (κ1) is 35.8. The van der Waals surface area contributed by atoms with E-state index in [9.17, 15) is 0 Å². The molecule has 0 N–H and O–H groups in total. The van der Waals surface area contributed by atoms with Crippen molar-refractivity contribution in [3.05, 3.63) is 48.3 Å². The number of unbranched alkanes of at least 4 members (excludes halogenated alkanes) is 23. The Kier molecular flexibility index (Phi) is 22.9. The van der Waals surface area contributed by atoms with Gasteiger partial charge in [-0.15, -0.1) is 0 Å². The molecule has 1 aromatic carbocycles. The molecule has 0 amide bonds. The summed E-state index contributed by atoms with van der Waals surface area (Å²) in [5, 5.41) is 0. The second kappa shape index (κ2) is 26.2. The Labute approximate surface area is 257 Å². The Morgan fingerprint density at radius 2 is 0.732 bits per heavy atom. The maximum atomic E-state index is 2.64. The molecule has 0 radical (unpaired) electrons. The van der Waals surface area contributed by atoms with Gasteiger partial charge in [0.1, 0.15) is 6.17 Å². The second-order valence-corrected chi connectivity index (χ2v) is 13.1. The molecule has 1 aromatic rings. The van der Waals surface area contributed by atoms with Crippen molar-refractivity contribution in [2.24, 2.45) is 0 Å². The number of nitrogens with zero attached hydrogens (tertiary/aromatic N) is 2. The third-order valence-corrected chi connectivity index (χ3v) is 9.27. The number of benzene rings is 1. The zero-order chi connectivity index (χ0) is 29.1. The van der Waals surface area contributed by atoms with Crippen molar-refractivity contribution >= 4 is 0 Å². The van der Waals surface area contributed by atoms with E-state index in [4.69, 9.17) is 0 Å². The fourth-order valence-corrected chi connectivity index (χ4v) is 6.51. The number of hydrogen-bond acceptors (Lipinski definition) is 2. The van der Waals surface area contributed by atoms with Crippen LogP contribution >= 0.6 is 0 Å². The monoisotopic (exact) mass is 567 g/mol. The molecule has 1 aliphatic rings. The molecule has 1 heterocycles. The normalized spacial score (nSPS) is 14.9. The Morgan fingerprint density at radius 1 is 0.415 bits per heavy atom. The summed E-state index contributed by atoms with van der Waals surface area (Å²) in [6, 6.07) is 11.1. The van der Waals surface area contributed by atoms with Crippen LogP contribution in [0.2, 0.25) is 0 Å².